The van der Waals surface area contributed by atoms with Crippen LogP contribution < -0.4 is 5.32 Å². The van der Waals surface area contributed by atoms with Gasteiger partial charge in [-0.15, -0.1) is 11.3 Å². The molecule has 1 heterocycles. The van der Waals surface area contributed by atoms with Gasteiger partial charge in [0.25, 0.3) is 5.91 Å². The Balaban J connectivity index is 1.47. The number of halogens is 1. The van der Waals surface area contributed by atoms with E-state index in [1.807, 2.05) is 61.7 Å². The molecule has 0 radical (unpaired) electrons. The Morgan fingerprint density at radius 3 is 2.29 bits per heavy atom. The highest BCUT2D eigenvalue weighted by Gasteiger charge is 2.27. The third-order valence-corrected chi connectivity index (χ3v) is 8.39. The molecule has 0 aliphatic carbocycles. The van der Waals surface area contributed by atoms with Crippen LogP contribution in [0.4, 0.5) is 5.13 Å². The number of benzene rings is 3. The molecule has 0 aliphatic heterocycles. The van der Waals surface area contributed by atoms with Crippen LogP contribution in [0, 0.1) is 0 Å². The summed E-state index contributed by atoms with van der Waals surface area (Å²) in [4.78, 5) is 17.3. The van der Waals surface area contributed by atoms with Crippen LogP contribution in [-0.4, -0.2) is 29.7 Å². The van der Waals surface area contributed by atoms with Gasteiger partial charge < -0.3 is 0 Å². The topological polar surface area (TPSA) is 79.4 Å². The number of anilines is 1. The number of thiazole rings is 1. The van der Waals surface area contributed by atoms with Gasteiger partial charge in [0.2, 0.25) is 10.0 Å². The molecule has 0 unspecified atom stereocenters. The molecule has 0 fully saturated rings. The molecule has 3 aromatic carbocycles. The van der Waals surface area contributed by atoms with E-state index in [-0.39, 0.29) is 23.4 Å². The first-order chi connectivity index (χ1) is 16.7. The number of carbonyl (C=O) groups is 1. The van der Waals surface area contributed by atoms with Crippen LogP contribution in [0.5, 0.6) is 0 Å². The van der Waals surface area contributed by atoms with E-state index in [0.717, 1.165) is 16.8 Å². The number of hydrogen-bond acceptors (Lipinski definition) is 5. The summed E-state index contributed by atoms with van der Waals surface area (Å²) in [6, 6.07) is 22.5. The Kier molecular flexibility index (Phi) is 7.66. The minimum Gasteiger partial charge on any atom is -0.298 e. The van der Waals surface area contributed by atoms with Crippen molar-refractivity contribution >= 4 is 44.0 Å². The minimum absolute atomic E-state index is 0.137. The molecule has 0 saturated heterocycles. The Morgan fingerprint density at radius 2 is 1.66 bits per heavy atom. The molecule has 0 bridgehead atoms. The largest absolute Gasteiger partial charge is 0.298 e. The van der Waals surface area contributed by atoms with Crippen molar-refractivity contribution in [1.29, 1.82) is 0 Å². The summed E-state index contributed by atoms with van der Waals surface area (Å²) in [5.41, 5.74) is 2.87. The first-order valence-corrected chi connectivity index (χ1v) is 13.6. The van der Waals surface area contributed by atoms with Crippen LogP contribution in [0.2, 0.25) is 5.02 Å². The summed E-state index contributed by atoms with van der Waals surface area (Å²) in [7, 11) is -3.75. The highest BCUT2D eigenvalue weighted by Crippen LogP contribution is 2.27. The molecule has 6 nitrogen and oxygen atoms in total. The molecule has 0 spiro atoms. The molecular weight excluding hydrogens is 502 g/mol. The normalized spacial score (nSPS) is 11.7. The quantitative estimate of drug-likeness (QED) is 0.292. The zero-order chi connectivity index (χ0) is 25.0. The van der Waals surface area contributed by atoms with Gasteiger partial charge in [-0.25, -0.2) is 13.4 Å². The van der Waals surface area contributed by atoms with Crippen LogP contribution in [0.15, 0.2) is 89.1 Å². The lowest BCUT2D eigenvalue weighted by molar-refractivity contribution is 0.102. The molecule has 0 saturated carbocycles. The SMILES string of the molecule is CC(C)N(Cc1ccccc1)S(=O)(=O)c1ccc(C(=O)Nc2nc(-c3ccc(Cl)cc3)cs2)cc1. The van der Waals surface area contributed by atoms with Gasteiger partial charge >= 0.3 is 0 Å². The summed E-state index contributed by atoms with van der Waals surface area (Å²) in [6.07, 6.45) is 0. The summed E-state index contributed by atoms with van der Waals surface area (Å²) < 4.78 is 28.1. The van der Waals surface area contributed by atoms with Crippen molar-refractivity contribution in [2.75, 3.05) is 5.32 Å². The Labute approximate surface area is 214 Å². The van der Waals surface area contributed by atoms with E-state index in [2.05, 4.69) is 10.3 Å². The third-order valence-electron chi connectivity index (χ3n) is 5.34. The standard InChI is InChI=1S/C26H24ClN3O3S2/c1-18(2)30(16-19-6-4-3-5-7-19)35(32,33)23-14-10-21(11-15-23)25(31)29-26-28-24(17-34-26)20-8-12-22(27)13-9-20/h3-15,17-18H,16H2,1-2H3,(H,28,29,31). The number of aromatic nitrogens is 1. The van der Waals surface area contributed by atoms with Gasteiger partial charge in [-0.05, 0) is 55.8 Å². The maximum atomic E-state index is 13.3. The Bertz CT molecular complexity index is 1400. The summed E-state index contributed by atoms with van der Waals surface area (Å²) in [5.74, 6) is -0.365. The molecular formula is C26H24ClN3O3S2. The molecule has 35 heavy (non-hydrogen) atoms. The van der Waals surface area contributed by atoms with E-state index < -0.39 is 10.0 Å². The summed E-state index contributed by atoms with van der Waals surface area (Å²) in [5, 5.41) is 5.71. The molecule has 0 atom stereocenters. The molecule has 0 aliphatic rings. The smallest absolute Gasteiger partial charge is 0.257 e. The number of carbonyl (C=O) groups excluding carboxylic acids is 1. The van der Waals surface area contributed by atoms with E-state index in [9.17, 15) is 13.2 Å². The first-order valence-electron chi connectivity index (χ1n) is 10.9. The van der Waals surface area contributed by atoms with Crippen LogP contribution in [0.25, 0.3) is 11.3 Å². The lowest BCUT2D eigenvalue weighted by Gasteiger charge is -2.26. The number of hydrogen-bond donors (Lipinski definition) is 1. The van der Waals surface area contributed by atoms with Crippen LogP contribution >= 0.6 is 22.9 Å². The fraction of sp³-hybridized carbons (Fsp3) is 0.154. The van der Waals surface area contributed by atoms with Gasteiger partial charge in [0.05, 0.1) is 10.6 Å². The van der Waals surface area contributed by atoms with Crippen LogP contribution in [0.3, 0.4) is 0 Å². The molecule has 9 heteroatoms. The lowest BCUT2D eigenvalue weighted by atomic mass is 10.2. The van der Waals surface area contributed by atoms with Gasteiger partial charge in [-0.1, -0.05) is 54.1 Å². The van der Waals surface area contributed by atoms with E-state index in [1.165, 1.54) is 39.9 Å². The highest BCUT2D eigenvalue weighted by atomic mass is 35.5. The molecule has 1 aromatic heterocycles. The predicted molar refractivity (Wildman–Crippen MR) is 141 cm³/mol. The number of rotatable bonds is 8. The zero-order valence-corrected chi connectivity index (χ0v) is 21.6. The zero-order valence-electron chi connectivity index (χ0n) is 19.2. The van der Waals surface area contributed by atoms with Crippen molar-refractivity contribution in [3.63, 3.8) is 0 Å². The minimum atomic E-state index is -3.75. The van der Waals surface area contributed by atoms with Crippen LogP contribution in [-0.2, 0) is 16.6 Å². The van der Waals surface area contributed by atoms with Gasteiger partial charge in [0, 0.05) is 34.1 Å². The second kappa shape index (κ2) is 10.7. The van der Waals surface area contributed by atoms with Crippen molar-refractivity contribution in [2.45, 2.75) is 31.3 Å². The van der Waals surface area contributed by atoms with Crippen molar-refractivity contribution < 1.29 is 13.2 Å². The van der Waals surface area contributed by atoms with Crippen molar-refractivity contribution in [3.05, 3.63) is 100 Å². The average Bonchev–Trinajstić information content (AvgIpc) is 3.32. The molecule has 4 rings (SSSR count). The average molecular weight is 526 g/mol. The number of sulfonamides is 1. The fourth-order valence-electron chi connectivity index (χ4n) is 3.48. The number of nitrogens with one attached hydrogen (secondary N) is 1. The second-order valence-corrected chi connectivity index (χ2v) is 11.3. The maximum absolute atomic E-state index is 13.3. The third kappa shape index (κ3) is 5.97. The lowest BCUT2D eigenvalue weighted by Crippen LogP contribution is -2.36. The second-order valence-electron chi connectivity index (χ2n) is 8.15. The monoisotopic (exact) mass is 525 g/mol. The van der Waals surface area contributed by atoms with Crippen molar-refractivity contribution in [2.24, 2.45) is 0 Å². The van der Waals surface area contributed by atoms with Gasteiger partial charge in [0.15, 0.2) is 5.13 Å². The van der Waals surface area contributed by atoms with Crippen LogP contribution in [0.1, 0.15) is 29.8 Å². The maximum Gasteiger partial charge on any atom is 0.257 e. The van der Waals surface area contributed by atoms with Gasteiger partial charge in [0.1, 0.15) is 0 Å². The Morgan fingerprint density at radius 1 is 1.00 bits per heavy atom. The van der Waals surface area contributed by atoms with Gasteiger partial charge in [-0.2, -0.15) is 4.31 Å². The molecule has 4 aromatic rings. The van der Waals surface area contributed by atoms with Gasteiger partial charge in [-0.3, -0.25) is 10.1 Å². The predicted octanol–water partition coefficient (Wildman–Crippen LogP) is 6.32. The van der Waals surface area contributed by atoms with Crippen molar-refractivity contribution in [3.8, 4) is 11.3 Å². The molecule has 1 N–H and O–H groups in total. The van der Waals surface area contributed by atoms with E-state index in [0.29, 0.717) is 15.7 Å². The molecule has 1 amide bonds. The number of nitrogens with zero attached hydrogens (tertiary/aromatic N) is 2. The number of amides is 1. The van der Waals surface area contributed by atoms with E-state index in [4.69, 9.17) is 11.6 Å². The Hall–Kier alpha value is -3.04. The molecule has 180 valence electrons. The summed E-state index contributed by atoms with van der Waals surface area (Å²) in [6.45, 7) is 3.95. The fourth-order valence-corrected chi connectivity index (χ4v) is 5.94. The van der Waals surface area contributed by atoms with E-state index >= 15 is 0 Å². The summed E-state index contributed by atoms with van der Waals surface area (Å²) >= 11 is 7.24. The van der Waals surface area contributed by atoms with Crippen molar-refractivity contribution in [1.82, 2.24) is 9.29 Å². The highest BCUT2D eigenvalue weighted by molar-refractivity contribution is 7.89. The van der Waals surface area contributed by atoms with E-state index in [1.54, 1.807) is 12.1 Å². The first kappa shape index (κ1) is 25.1.